The van der Waals surface area contributed by atoms with Gasteiger partial charge in [0.25, 0.3) is 0 Å². The number of hydrogen-bond acceptors (Lipinski definition) is 1. The van der Waals surface area contributed by atoms with E-state index in [1.54, 1.807) is 0 Å². The second kappa shape index (κ2) is 8.05. The highest BCUT2D eigenvalue weighted by Crippen LogP contribution is 2.38. The molecule has 1 aromatic rings. The molecule has 1 aliphatic carbocycles. The van der Waals surface area contributed by atoms with E-state index in [0.29, 0.717) is 5.92 Å². The Morgan fingerprint density at radius 2 is 1.85 bits per heavy atom. The molecule has 0 aromatic heterocycles. The lowest BCUT2D eigenvalue weighted by Gasteiger charge is -2.31. The third-order valence-electron chi connectivity index (χ3n) is 5.88. The standard InChI is InChI=1S/C25H31N/c1-6-8-21(7-2)17-26-11-9-22(10-12-26)15-23-16-24-13-18(3)19(4)14-25(24)20(23)5/h6-8,13-15,22H,1-2,5,9-12,16-17H2,3-4H3/b21-8+,23-15-. The highest BCUT2D eigenvalue weighted by molar-refractivity contribution is 5.85. The molecule has 0 atom stereocenters. The minimum atomic E-state index is 0.671. The molecule has 0 N–H and O–H groups in total. The molecule has 2 aliphatic rings. The predicted molar refractivity (Wildman–Crippen MR) is 114 cm³/mol. The van der Waals surface area contributed by atoms with E-state index in [0.717, 1.165) is 26.1 Å². The van der Waals surface area contributed by atoms with Crippen molar-refractivity contribution in [1.82, 2.24) is 4.90 Å². The lowest BCUT2D eigenvalue weighted by molar-refractivity contribution is 0.219. The second-order valence-corrected chi connectivity index (χ2v) is 7.74. The largest absolute Gasteiger partial charge is 0.299 e. The number of piperidine rings is 1. The molecule has 0 radical (unpaired) electrons. The van der Waals surface area contributed by atoms with Gasteiger partial charge in [-0.15, -0.1) is 0 Å². The molecule has 1 aromatic carbocycles. The summed E-state index contributed by atoms with van der Waals surface area (Å²) < 4.78 is 0. The summed E-state index contributed by atoms with van der Waals surface area (Å²) in [5.41, 5.74) is 9.51. The molecule has 0 unspecified atom stereocenters. The molecule has 136 valence electrons. The fraction of sp³-hybridized carbons (Fsp3) is 0.360. The van der Waals surface area contributed by atoms with Crippen LogP contribution in [0.4, 0.5) is 0 Å². The number of rotatable bonds is 5. The summed E-state index contributed by atoms with van der Waals surface area (Å²) in [6.07, 6.45) is 11.9. The molecule has 1 fully saturated rings. The van der Waals surface area contributed by atoms with E-state index >= 15 is 0 Å². The van der Waals surface area contributed by atoms with Crippen LogP contribution < -0.4 is 0 Å². The monoisotopic (exact) mass is 345 g/mol. The van der Waals surface area contributed by atoms with Gasteiger partial charge in [-0.3, -0.25) is 4.90 Å². The SMILES string of the molecule is C=C/C=C(\C=C)CN1CCC(/C=C2/Cc3cc(C)c(C)cc3C2=C)CC1. The summed E-state index contributed by atoms with van der Waals surface area (Å²) in [7, 11) is 0. The van der Waals surface area contributed by atoms with Gasteiger partial charge < -0.3 is 0 Å². The fourth-order valence-electron chi connectivity index (χ4n) is 4.10. The maximum absolute atomic E-state index is 4.39. The van der Waals surface area contributed by atoms with E-state index in [9.17, 15) is 0 Å². The Bertz CT molecular complexity index is 783. The zero-order valence-electron chi connectivity index (χ0n) is 16.4. The van der Waals surface area contributed by atoms with Crippen LogP contribution in [0.15, 0.2) is 67.3 Å². The van der Waals surface area contributed by atoms with Crippen molar-refractivity contribution in [3.8, 4) is 0 Å². The van der Waals surface area contributed by atoms with Gasteiger partial charge in [-0.25, -0.2) is 0 Å². The van der Waals surface area contributed by atoms with Crippen molar-refractivity contribution in [3.63, 3.8) is 0 Å². The summed E-state index contributed by atoms with van der Waals surface area (Å²) in [6, 6.07) is 4.67. The molecular weight excluding hydrogens is 314 g/mol. The van der Waals surface area contributed by atoms with Crippen LogP contribution in [0.25, 0.3) is 5.57 Å². The molecule has 0 saturated carbocycles. The molecule has 0 bridgehead atoms. The van der Waals surface area contributed by atoms with Crippen LogP contribution in [-0.4, -0.2) is 24.5 Å². The molecule has 0 amide bonds. The van der Waals surface area contributed by atoms with Gasteiger partial charge in [0.15, 0.2) is 0 Å². The first-order valence-electron chi connectivity index (χ1n) is 9.68. The lowest BCUT2D eigenvalue weighted by Crippen LogP contribution is -2.34. The average molecular weight is 346 g/mol. The molecule has 1 aliphatic heterocycles. The Hall–Kier alpha value is -2.12. The van der Waals surface area contributed by atoms with Crippen LogP contribution in [0.5, 0.6) is 0 Å². The Labute approximate surface area is 159 Å². The van der Waals surface area contributed by atoms with Crippen LogP contribution in [0.1, 0.15) is 35.1 Å². The van der Waals surface area contributed by atoms with Gasteiger partial charge in [0.05, 0.1) is 0 Å². The zero-order chi connectivity index (χ0) is 18.7. The molecular formula is C25H31N. The van der Waals surface area contributed by atoms with Crippen LogP contribution in [-0.2, 0) is 6.42 Å². The first kappa shape index (κ1) is 18.7. The molecule has 1 heteroatoms. The van der Waals surface area contributed by atoms with Crippen LogP contribution >= 0.6 is 0 Å². The first-order chi connectivity index (χ1) is 12.5. The second-order valence-electron chi connectivity index (χ2n) is 7.74. The maximum Gasteiger partial charge on any atom is 0.0233 e. The zero-order valence-corrected chi connectivity index (χ0v) is 16.4. The van der Waals surface area contributed by atoms with Crippen LogP contribution in [0.2, 0.25) is 0 Å². The van der Waals surface area contributed by atoms with Gasteiger partial charge in [-0.2, -0.15) is 0 Å². The van der Waals surface area contributed by atoms with Crippen LogP contribution in [0.3, 0.4) is 0 Å². The summed E-state index contributed by atoms with van der Waals surface area (Å²) in [5, 5.41) is 0. The first-order valence-corrected chi connectivity index (χ1v) is 9.68. The fourth-order valence-corrected chi connectivity index (χ4v) is 4.10. The molecule has 0 spiro atoms. The topological polar surface area (TPSA) is 3.24 Å². The van der Waals surface area contributed by atoms with Crippen molar-refractivity contribution in [2.24, 2.45) is 5.92 Å². The van der Waals surface area contributed by atoms with E-state index in [4.69, 9.17) is 0 Å². The third-order valence-corrected chi connectivity index (χ3v) is 5.88. The van der Waals surface area contributed by atoms with Gasteiger partial charge in [0, 0.05) is 6.54 Å². The number of likely N-dealkylation sites (tertiary alicyclic amines) is 1. The van der Waals surface area contributed by atoms with Gasteiger partial charge >= 0.3 is 0 Å². The third kappa shape index (κ3) is 3.99. The van der Waals surface area contributed by atoms with Gasteiger partial charge in [0.2, 0.25) is 0 Å². The van der Waals surface area contributed by atoms with Crippen molar-refractivity contribution >= 4 is 5.57 Å². The van der Waals surface area contributed by atoms with Crippen molar-refractivity contribution in [1.29, 1.82) is 0 Å². The quantitative estimate of drug-likeness (QED) is 0.609. The number of fused-ring (bicyclic) bond motifs is 1. The van der Waals surface area contributed by atoms with Crippen LogP contribution in [0, 0.1) is 19.8 Å². The summed E-state index contributed by atoms with van der Waals surface area (Å²) >= 11 is 0. The van der Waals surface area contributed by atoms with E-state index in [1.807, 2.05) is 12.2 Å². The molecule has 3 rings (SSSR count). The highest BCUT2D eigenvalue weighted by Gasteiger charge is 2.23. The number of aryl methyl sites for hydroxylation is 2. The minimum absolute atomic E-state index is 0.671. The molecule has 1 heterocycles. The Morgan fingerprint density at radius 3 is 2.50 bits per heavy atom. The smallest absolute Gasteiger partial charge is 0.0233 e. The molecule has 1 nitrogen and oxygen atoms in total. The van der Waals surface area contributed by atoms with Gasteiger partial charge in [-0.1, -0.05) is 56.2 Å². The highest BCUT2D eigenvalue weighted by atomic mass is 15.1. The normalized spacial score (nSPS) is 20.5. The van der Waals surface area contributed by atoms with Gasteiger partial charge in [0.1, 0.15) is 0 Å². The predicted octanol–water partition coefficient (Wildman–Crippen LogP) is 5.81. The Balaban J connectivity index is 1.63. The van der Waals surface area contributed by atoms with E-state index in [1.165, 1.54) is 51.8 Å². The summed E-state index contributed by atoms with van der Waals surface area (Å²) in [6.45, 7) is 19.8. The maximum atomic E-state index is 4.39. The van der Waals surface area contributed by atoms with E-state index in [2.05, 4.69) is 62.8 Å². The molecule has 1 saturated heterocycles. The number of hydrogen-bond donors (Lipinski definition) is 0. The Morgan fingerprint density at radius 1 is 1.15 bits per heavy atom. The molecule has 26 heavy (non-hydrogen) atoms. The summed E-state index contributed by atoms with van der Waals surface area (Å²) in [4.78, 5) is 2.52. The average Bonchev–Trinajstić information content (AvgIpc) is 2.92. The summed E-state index contributed by atoms with van der Waals surface area (Å²) in [5.74, 6) is 0.671. The number of nitrogens with zero attached hydrogens (tertiary/aromatic N) is 1. The van der Waals surface area contributed by atoms with Crippen molar-refractivity contribution in [2.45, 2.75) is 33.1 Å². The Kier molecular flexibility index (Phi) is 5.78. The number of benzene rings is 1. The van der Waals surface area contributed by atoms with Crippen molar-refractivity contribution in [3.05, 3.63) is 89.6 Å². The minimum Gasteiger partial charge on any atom is -0.299 e. The van der Waals surface area contributed by atoms with Crippen molar-refractivity contribution in [2.75, 3.05) is 19.6 Å². The van der Waals surface area contributed by atoms with E-state index in [-0.39, 0.29) is 0 Å². The van der Waals surface area contributed by atoms with E-state index < -0.39 is 0 Å². The van der Waals surface area contributed by atoms with Crippen molar-refractivity contribution < 1.29 is 0 Å². The lowest BCUT2D eigenvalue weighted by atomic mass is 9.92. The number of allylic oxidation sites excluding steroid dienone is 5. The van der Waals surface area contributed by atoms with Gasteiger partial charge in [-0.05, 0) is 91.1 Å².